The zero-order valence-corrected chi connectivity index (χ0v) is 20.7. The minimum atomic E-state index is -3.72. The van der Waals surface area contributed by atoms with E-state index in [9.17, 15) is 18.0 Å². The van der Waals surface area contributed by atoms with Crippen molar-refractivity contribution in [1.29, 1.82) is 0 Å². The third-order valence-electron chi connectivity index (χ3n) is 5.99. The quantitative estimate of drug-likeness (QED) is 0.359. The first kappa shape index (κ1) is 25.2. The topological polar surface area (TPSA) is 123 Å². The van der Waals surface area contributed by atoms with Crippen LogP contribution in [0.2, 0.25) is 0 Å². The monoisotopic (exact) mass is 509 g/mol. The lowest BCUT2D eigenvalue weighted by Crippen LogP contribution is -2.35. The molecule has 4 rings (SSSR count). The van der Waals surface area contributed by atoms with E-state index in [1.54, 1.807) is 18.2 Å². The molecule has 1 saturated carbocycles. The summed E-state index contributed by atoms with van der Waals surface area (Å²) in [5, 5.41) is 5.50. The third kappa shape index (κ3) is 5.50. The molecule has 188 valence electrons. The number of ether oxygens (including phenoxy) is 2. The van der Waals surface area contributed by atoms with E-state index >= 15 is 0 Å². The zero-order chi connectivity index (χ0) is 25.8. The van der Waals surface area contributed by atoms with Gasteiger partial charge in [-0.2, -0.15) is 0 Å². The van der Waals surface area contributed by atoms with E-state index in [1.165, 1.54) is 38.5 Å². The highest BCUT2D eigenvalue weighted by Gasteiger charge is 2.56. The Bertz CT molecular complexity index is 1350. The maximum atomic E-state index is 12.9. The number of nitrogens with one attached hydrogen (secondary N) is 3. The van der Waals surface area contributed by atoms with Gasteiger partial charge >= 0.3 is 0 Å². The summed E-state index contributed by atoms with van der Waals surface area (Å²) in [5.41, 5.74) is 0.530. The molecule has 1 aliphatic carbocycles. The summed E-state index contributed by atoms with van der Waals surface area (Å²) in [7, 11) is -0.713. The zero-order valence-electron chi connectivity index (χ0n) is 19.9. The number of rotatable bonds is 10. The van der Waals surface area contributed by atoms with Gasteiger partial charge in [0.25, 0.3) is 0 Å². The van der Waals surface area contributed by atoms with Crippen LogP contribution in [0.3, 0.4) is 0 Å². The molecule has 0 heterocycles. The molecule has 1 fully saturated rings. The first-order chi connectivity index (χ1) is 17.3. The van der Waals surface area contributed by atoms with Crippen molar-refractivity contribution in [1.82, 2.24) is 4.72 Å². The summed E-state index contributed by atoms with van der Waals surface area (Å²) in [4.78, 5) is 25.9. The van der Waals surface area contributed by atoms with E-state index < -0.39 is 27.3 Å². The Balaban J connectivity index is 1.38. The second kappa shape index (κ2) is 10.4. The Labute approximate surface area is 209 Å². The molecule has 36 heavy (non-hydrogen) atoms. The van der Waals surface area contributed by atoms with E-state index in [0.717, 1.165) is 5.56 Å². The van der Waals surface area contributed by atoms with Crippen LogP contribution in [0.25, 0.3) is 0 Å². The predicted molar refractivity (Wildman–Crippen MR) is 135 cm³/mol. The van der Waals surface area contributed by atoms with Gasteiger partial charge in [-0.15, -0.1) is 0 Å². The van der Waals surface area contributed by atoms with Crippen molar-refractivity contribution in [2.45, 2.75) is 24.3 Å². The number of carbonyl (C=O) groups is 2. The highest BCUT2D eigenvalue weighted by molar-refractivity contribution is 7.89. The normalized spacial score (nSPS) is 13.9. The Morgan fingerprint density at radius 3 is 1.97 bits per heavy atom. The molecule has 0 spiro atoms. The summed E-state index contributed by atoms with van der Waals surface area (Å²) in [5.74, 6) is 0.114. The average Bonchev–Trinajstić information content (AvgIpc) is 3.71. The fourth-order valence-electron chi connectivity index (χ4n) is 3.67. The van der Waals surface area contributed by atoms with Crippen molar-refractivity contribution in [3.63, 3.8) is 0 Å². The molecule has 0 radical (unpaired) electrons. The lowest BCUT2D eigenvalue weighted by atomic mass is 10.0. The molecule has 0 atom stereocenters. The molecule has 10 heteroatoms. The van der Waals surface area contributed by atoms with Gasteiger partial charge in [-0.05, 0) is 54.8 Å². The number of methoxy groups -OCH3 is 2. The molecule has 0 bridgehead atoms. The van der Waals surface area contributed by atoms with Crippen molar-refractivity contribution < 1.29 is 27.5 Å². The second-order valence-electron chi connectivity index (χ2n) is 8.39. The molecule has 0 unspecified atom stereocenters. The van der Waals surface area contributed by atoms with Gasteiger partial charge in [0.1, 0.15) is 5.41 Å². The smallest absolute Gasteiger partial charge is 0.240 e. The minimum absolute atomic E-state index is 0.0729. The minimum Gasteiger partial charge on any atom is -0.493 e. The van der Waals surface area contributed by atoms with Crippen LogP contribution in [0.5, 0.6) is 11.5 Å². The molecular weight excluding hydrogens is 482 g/mol. The SMILES string of the molecule is COc1ccc(NC(=O)C2(C(=O)Nc3ccc(S(=O)(=O)NCc4ccccc4)cc3)CC2)cc1OC. The first-order valence-corrected chi connectivity index (χ1v) is 12.7. The Hall–Kier alpha value is -3.89. The van der Waals surface area contributed by atoms with Gasteiger partial charge in [0.05, 0.1) is 19.1 Å². The molecule has 1 aliphatic rings. The van der Waals surface area contributed by atoms with Crippen molar-refractivity contribution in [3.05, 3.63) is 78.4 Å². The van der Waals surface area contributed by atoms with Gasteiger partial charge in [-0.3, -0.25) is 9.59 Å². The number of carbonyl (C=O) groups excluding carboxylic acids is 2. The Kier molecular flexibility index (Phi) is 7.27. The lowest BCUT2D eigenvalue weighted by Gasteiger charge is -2.16. The molecule has 2 amide bonds. The third-order valence-corrected chi connectivity index (χ3v) is 7.41. The van der Waals surface area contributed by atoms with Crippen molar-refractivity contribution in [2.24, 2.45) is 5.41 Å². The summed E-state index contributed by atoms with van der Waals surface area (Å²) in [6.45, 7) is 0.166. The number of benzene rings is 3. The van der Waals surface area contributed by atoms with Crippen LogP contribution >= 0.6 is 0 Å². The Morgan fingerprint density at radius 1 is 0.806 bits per heavy atom. The van der Waals surface area contributed by atoms with E-state index in [2.05, 4.69) is 15.4 Å². The van der Waals surface area contributed by atoms with Crippen molar-refractivity contribution in [2.75, 3.05) is 24.9 Å². The number of sulfonamides is 1. The summed E-state index contributed by atoms with van der Waals surface area (Å²) in [6, 6.07) is 20.0. The average molecular weight is 510 g/mol. The first-order valence-electron chi connectivity index (χ1n) is 11.3. The molecule has 0 aliphatic heterocycles. The highest BCUT2D eigenvalue weighted by Crippen LogP contribution is 2.47. The Morgan fingerprint density at radius 2 is 1.39 bits per heavy atom. The molecule has 3 aromatic carbocycles. The van der Waals surface area contributed by atoms with E-state index in [0.29, 0.717) is 35.7 Å². The van der Waals surface area contributed by atoms with Crippen LogP contribution in [0, 0.1) is 5.41 Å². The fraction of sp³-hybridized carbons (Fsp3) is 0.231. The van der Waals surface area contributed by atoms with Gasteiger partial charge in [-0.25, -0.2) is 13.1 Å². The highest BCUT2D eigenvalue weighted by atomic mass is 32.2. The molecule has 3 aromatic rings. The van der Waals surface area contributed by atoms with Gasteiger partial charge in [-0.1, -0.05) is 30.3 Å². The molecule has 0 aromatic heterocycles. The van der Waals surface area contributed by atoms with Crippen LogP contribution < -0.4 is 24.8 Å². The predicted octanol–water partition coefficient (Wildman–Crippen LogP) is 3.54. The standard InChI is InChI=1S/C26H27N3O6S/c1-34-22-13-10-20(16-23(22)35-2)29-25(31)26(14-15-26)24(30)28-19-8-11-21(12-9-19)36(32,33)27-17-18-6-4-3-5-7-18/h3-13,16,27H,14-15,17H2,1-2H3,(H,28,30)(H,29,31). The summed E-state index contributed by atoms with van der Waals surface area (Å²) >= 11 is 0. The lowest BCUT2D eigenvalue weighted by molar-refractivity contribution is -0.131. The summed E-state index contributed by atoms with van der Waals surface area (Å²) in [6.07, 6.45) is 0.821. The van der Waals surface area contributed by atoms with E-state index in [1.807, 2.05) is 30.3 Å². The van der Waals surface area contributed by atoms with Crippen molar-refractivity contribution in [3.8, 4) is 11.5 Å². The number of hydrogen-bond acceptors (Lipinski definition) is 6. The van der Waals surface area contributed by atoms with E-state index in [-0.39, 0.29) is 11.4 Å². The second-order valence-corrected chi connectivity index (χ2v) is 10.2. The van der Waals surface area contributed by atoms with Crippen LogP contribution in [0.4, 0.5) is 11.4 Å². The number of amides is 2. The molecular formula is C26H27N3O6S. The van der Waals surface area contributed by atoms with Gasteiger partial charge in [0.15, 0.2) is 11.5 Å². The van der Waals surface area contributed by atoms with Crippen molar-refractivity contribution >= 4 is 33.2 Å². The van der Waals surface area contributed by atoms with Gasteiger partial charge in [0, 0.05) is 24.0 Å². The van der Waals surface area contributed by atoms with Crippen LogP contribution in [0.15, 0.2) is 77.7 Å². The number of hydrogen-bond donors (Lipinski definition) is 3. The van der Waals surface area contributed by atoms with Crippen LogP contribution in [-0.2, 0) is 26.2 Å². The van der Waals surface area contributed by atoms with Crippen LogP contribution in [0.1, 0.15) is 18.4 Å². The summed E-state index contributed by atoms with van der Waals surface area (Å²) < 4.78 is 38.2. The van der Waals surface area contributed by atoms with E-state index in [4.69, 9.17) is 9.47 Å². The fourth-order valence-corrected chi connectivity index (χ4v) is 4.69. The maximum absolute atomic E-state index is 12.9. The largest absolute Gasteiger partial charge is 0.493 e. The van der Waals surface area contributed by atoms with Crippen LogP contribution in [-0.4, -0.2) is 34.5 Å². The van der Waals surface area contributed by atoms with Gasteiger partial charge < -0.3 is 20.1 Å². The van der Waals surface area contributed by atoms with Gasteiger partial charge in [0.2, 0.25) is 21.8 Å². The maximum Gasteiger partial charge on any atom is 0.240 e. The number of anilines is 2. The molecule has 3 N–H and O–H groups in total. The molecule has 0 saturated heterocycles. The molecule has 9 nitrogen and oxygen atoms in total.